The Balaban J connectivity index is 1.70. The molecule has 0 aliphatic carbocycles. The SMILES string of the molecule is CC(C)(c1cccc(-c2cccc(C(F)(F)F)n2)n1)c1cccc(-n2ccc(C(F)(F)F)n2)n1. The van der Waals surface area contributed by atoms with Gasteiger partial charge < -0.3 is 0 Å². The van der Waals surface area contributed by atoms with Gasteiger partial charge in [-0.15, -0.1) is 0 Å². The van der Waals surface area contributed by atoms with E-state index in [1.807, 2.05) is 0 Å². The van der Waals surface area contributed by atoms with Gasteiger partial charge in [0.2, 0.25) is 0 Å². The van der Waals surface area contributed by atoms with E-state index in [1.54, 1.807) is 44.2 Å². The maximum atomic E-state index is 13.1. The number of nitrogens with zero attached hydrogens (tertiary/aromatic N) is 5. The molecule has 0 aromatic carbocycles. The van der Waals surface area contributed by atoms with Crippen molar-refractivity contribution in [1.82, 2.24) is 24.7 Å². The van der Waals surface area contributed by atoms with Crippen molar-refractivity contribution in [2.45, 2.75) is 31.6 Å². The van der Waals surface area contributed by atoms with Crippen molar-refractivity contribution in [1.29, 1.82) is 0 Å². The second-order valence-corrected chi connectivity index (χ2v) is 7.96. The molecule has 0 amide bonds. The zero-order valence-electron chi connectivity index (χ0n) is 17.9. The molecule has 4 aromatic heterocycles. The van der Waals surface area contributed by atoms with E-state index in [0.717, 1.165) is 16.8 Å². The molecule has 0 saturated carbocycles. The van der Waals surface area contributed by atoms with Crippen LogP contribution in [0.4, 0.5) is 26.3 Å². The van der Waals surface area contributed by atoms with Crippen LogP contribution in [0.15, 0.2) is 66.9 Å². The Morgan fingerprint density at radius 2 is 1.09 bits per heavy atom. The molecule has 4 heterocycles. The molecule has 0 saturated heterocycles. The smallest absolute Gasteiger partial charge is 0.250 e. The van der Waals surface area contributed by atoms with Crippen LogP contribution >= 0.6 is 0 Å². The molecule has 0 aliphatic rings. The molecule has 0 fully saturated rings. The molecule has 0 N–H and O–H groups in total. The van der Waals surface area contributed by atoms with Crippen molar-refractivity contribution in [3.63, 3.8) is 0 Å². The van der Waals surface area contributed by atoms with Crippen LogP contribution in [0.1, 0.15) is 36.6 Å². The van der Waals surface area contributed by atoms with Gasteiger partial charge in [0.1, 0.15) is 5.69 Å². The molecule has 5 nitrogen and oxygen atoms in total. The number of aromatic nitrogens is 5. The fourth-order valence-corrected chi connectivity index (χ4v) is 3.29. The maximum Gasteiger partial charge on any atom is 0.435 e. The predicted octanol–water partition coefficient (Wildman–Crippen LogP) is 6.09. The van der Waals surface area contributed by atoms with Crippen LogP contribution < -0.4 is 0 Å². The van der Waals surface area contributed by atoms with E-state index in [0.29, 0.717) is 11.4 Å². The minimum Gasteiger partial charge on any atom is -0.250 e. The van der Waals surface area contributed by atoms with Crippen LogP contribution in [0.3, 0.4) is 0 Å². The van der Waals surface area contributed by atoms with Gasteiger partial charge in [0.05, 0.1) is 22.8 Å². The molecule has 176 valence electrons. The van der Waals surface area contributed by atoms with Gasteiger partial charge in [0, 0.05) is 11.6 Å². The molecule has 0 aliphatic heterocycles. The summed E-state index contributed by atoms with van der Waals surface area (Å²) in [7, 11) is 0. The minimum absolute atomic E-state index is 0.0606. The van der Waals surface area contributed by atoms with E-state index in [-0.39, 0.29) is 17.2 Å². The molecule has 34 heavy (non-hydrogen) atoms. The Bertz CT molecular complexity index is 1320. The summed E-state index contributed by atoms with van der Waals surface area (Å²) in [6.07, 6.45) is -8.00. The summed E-state index contributed by atoms with van der Waals surface area (Å²) < 4.78 is 78.9. The average molecular weight is 477 g/mol. The summed E-state index contributed by atoms with van der Waals surface area (Å²) in [5, 5.41) is 3.54. The molecule has 0 spiro atoms. The first-order valence-corrected chi connectivity index (χ1v) is 9.99. The molecule has 4 rings (SSSR count). The van der Waals surface area contributed by atoms with Crippen molar-refractivity contribution in [2.75, 3.05) is 0 Å². The van der Waals surface area contributed by atoms with Gasteiger partial charge >= 0.3 is 12.4 Å². The van der Waals surface area contributed by atoms with Crippen LogP contribution in [-0.4, -0.2) is 24.7 Å². The summed E-state index contributed by atoms with van der Waals surface area (Å²) in [5.41, 5.74) is -1.63. The van der Waals surface area contributed by atoms with E-state index in [1.165, 1.54) is 24.4 Å². The van der Waals surface area contributed by atoms with Gasteiger partial charge in [-0.3, -0.25) is 4.98 Å². The number of hydrogen-bond donors (Lipinski definition) is 0. The van der Waals surface area contributed by atoms with E-state index in [4.69, 9.17) is 0 Å². The monoisotopic (exact) mass is 477 g/mol. The van der Waals surface area contributed by atoms with Crippen LogP contribution in [0.5, 0.6) is 0 Å². The standard InChI is InChI=1S/C23H17F6N5/c1-21(2,17-9-5-11-20(32-17)34-13-12-19(33-34)23(27,28)29)16-8-3-6-14(30-16)15-7-4-10-18(31-15)22(24,25)26/h3-13H,1-2H3. The maximum absolute atomic E-state index is 13.1. The second-order valence-electron chi connectivity index (χ2n) is 7.96. The van der Waals surface area contributed by atoms with Crippen molar-refractivity contribution in [3.8, 4) is 17.2 Å². The number of rotatable bonds is 4. The first kappa shape index (κ1) is 23.4. The normalized spacial score (nSPS) is 12.7. The van der Waals surface area contributed by atoms with Crippen molar-refractivity contribution in [3.05, 3.63) is 89.6 Å². The largest absolute Gasteiger partial charge is 0.435 e. The highest BCUT2D eigenvalue weighted by Gasteiger charge is 2.34. The zero-order chi connectivity index (χ0) is 24.7. The Morgan fingerprint density at radius 3 is 1.65 bits per heavy atom. The predicted molar refractivity (Wildman–Crippen MR) is 111 cm³/mol. The van der Waals surface area contributed by atoms with Gasteiger partial charge in [-0.2, -0.15) is 31.4 Å². The number of halogens is 6. The molecule has 0 radical (unpaired) electrons. The molecule has 0 bridgehead atoms. The van der Waals surface area contributed by atoms with Gasteiger partial charge in [0.15, 0.2) is 11.5 Å². The summed E-state index contributed by atoms with van der Waals surface area (Å²) >= 11 is 0. The third kappa shape index (κ3) is 4.63. The van der Waals surface area contributed by atoms with Crippen molar-refractivity contribution < 1.29 is 26.3 Å². The lowest BCUT2D eigenvalue weighted by Crippen LogP contribution is -2.23. The number of alkyl halides is 6. The fourth-order valence-electron chi connectivity index (χ4n) is 3.29. The molecular formula is C23H17F6N5. The molecule has 4 aromatic rings. The van der Waals surface area contributed by atoms with E-state index >= 15 is 0 Å². The van der Waals surface area contributed by atoms with Crippen molar-refractivity contribution in [2.24, 2.45) is 0 Å². The fraction of sp³-hybridized carbons (Fsp3) is 0.217. The Hall–Kier alpha value is -3.76. The minimum atomic E-state index is -4.59. The Labute approximate surface area is 190 Å². The van der Waals surface area contributed by atoms with Gasteiger partial charge in [-0.25, -0.2) is 14.6 Å². The van der Waals surface area contributed by atoms with E-state index in [9.17, 15) is 26.3 Å². The van der Waals surface area contributed by atoms with Crippen LogP contribution in [0, 0.1) is 0 Å². The van der Waals surface area contributed by atoms with Crippen LogP contribution in [-0.2, 0) is 17.8 Å². The topological polar surface area (TPSA) is 56.5 Å². The third-order valence-corrected chi connectivity index (χ3v) is 5.18. The molecular weight excluding hydrogens is 460 g/mol. The Morgan fingerprint density at radius 1 is 0.588 bits per heavy atom. The van der Waals surface area contributed by atoms with Gasteiger partial charge in [-0.05, 0) is 56.3 Å². The summed E-state index contributed by atoms with van der Waals surface area (Å²) in [4.78, 5) is 12.7. The van der Waals surface area contributed by atoms with Crippen molar-refractivity contribution >= 4 is 0 Å². The van der Waals surface area contributed by atoms with Crippen LogP contribution in [0.25, 0.3) is 17.2 Å². The summed E-state index contributed by atoms with van der Waals surface area (Å²) in [6.45, 7) is 3.60. The van der Waals surface area contributed by atoms with E-state index in [2.05, 4.69) is 20.1 Å². The second kappa shape index (κ2) is 8.23. The highest BCUT2D eigenvalue weighted by atomic mass is 19.4. The highest BCUT2D eigenvalue weighted by molar-refractivity contribution is 5.55. The van der Waals surface area contributed by atoms with Crippen LogP contribution in [0.2, 0.25) is 0 Å². The lowest BCUT2D eigenvalue weighted by atomic mass is 9.84. The first-order valence-electron chi connectivity index (χ1n) is 9.99. The van der Waals surface area contributed by atoms with Gasteiger partial charge in [0.25, 0.3) is 0 Å². The zero-order valence-corrected chi connectivity index (χ0v) is 17.9. The quantitative estimate of drug-likeness (QED) is 0.334. The molecule has 11 heteroatoms. The lowest BCUT2D eigenvalue weighted by Gasteiger charge is -2.24. The molecule has 0 unspecified atom stereocenters. The summed E-state index contributed by atoms with van der Waals surface area (Å²) in [6, 6.07) is 14.2. The number of pyridine rings is 3. The summed E-state index contributed by atoms with van der Waals surface area (Å²) in [5.74, 6) is 0.178. The highest BCUT2D eigenvalue weighted by Crippen LogP contribution is 2.33. The lowest BCUT2D eigenvalue weighted by molar-refractivity contribution is -0.142. The van der Waals surface area contributed by atoms with Gasteiger partial charge in [-0.1, -0.05) is 18.2 Å². The third-order valence-electron chi connectivity index (χ3n) is 5.18. The molecule has 0 atom stereocenters. The first-order chi connectivity index (χ1) is 15.9. The average Bonchev–Trinajstić information content (AvgIpc) is 3.30. The number of hydrogen-bond acceptors (Lipinski definition) is 4. The Kier molecular flexibility index (Phi) is 5.66. The van der Waals surface area contributed by atoms with E-state index < -0.39 is 29.2 Å².